The van der Waals surface area contributed by atoms with Crippen LogP contribution < -0.4 is 26.8 Å². The van der Waals surface area contributed by atoms with E-state index in [1.165, 1.54) is 24.4 Å². The summed E-state index contributed by atoms with van der Waals surface area (Å²) < 4.78 is 13.9. The Morgan fingerprint density at radius 2 is 1.97 bits per heavy atom. The van der Waals surface area contributed by atoms with Crippen molar-refractivity contribution in [3.8, 4) is 0 Å². The average molecular weight is 452 g/mol. The Morgan fingerprint density at radius 1 is 1.19 bits per heavy atom. The lowest BCUT2D eigenvalue weighted by atomic mass is 10.2. The molecule has 3 rings (SSSR count). The van der Waals surface area contributed by atoms with Crippen molar-refractivity contribution in [2.75, 3.05) is 54.8 Å². The lowest BCUT2D eigenvalue weighted by Crippen LogP contribution is -2.48. The van der Waals surface area contributed by atoms with Crippen LogP contribution in [0.2, 0.25) is 5.02 Å². The second-order valence-electron chi connectivity index (χ2n) is 7.30. The minimum atomic E-state index is -0.750. The summed E-state index contributed by atoms with van der Waals surface area (Å²) in [5, 5.41) is 4.61. The number of nitrogens with one attached hydrogen (secondary N) is 3. The summed E-state index contributed by atoms with van der Waals surface area (Å²) in [7, 11) is 0. The topological polar surface area (TPSA) is 119 Å². The quantitative estimate of drug-likeness (QED) is 0.458. The van der Waals surface area contributed by atoms with Gasteiger partial charge in [-0.25, -0.2) is 14.2 Å². The highest BCUT2D eigenvalue weighted by molar-refractivity contribution is 6.31. The van der Waals surface area contributed by atoms with E-state index in [1.54, 1.807) is 0 Å². The maximum Gasteiger partial charge on any atom is 0.326 e. The molecule has 0 aliphatic carbocycles. The molecular formula is C20H27ClFN7O2. The molecule has 1 saturated heterocycles. The minimum Gasteiger partial charge on any atom is -0.363 e. The molecule has 9 nitrogen and oxygen atoms in total. The van der Waals surface area contributed by atoms with E-state index in [1.807, 2.05) is 4.90 Å². The fourth-order valence-electron chi connectivity index (χ4n) is 3.41. The Morgan fingerprint density at radius 3 is 2.68 bits per heavy atom. The smallest absolute Gasteiger partial charge is 0.326 e. The highest BCUT2D eigenvalue weighted by Crippen LogP contribution is 2.22. The molecule has 1 aliphatic rings. The Labute approximate surface area is 184 Å². The fraction of sp³-hybridized carbons (Fsp3) is 0.450. The van der Waals surface area contributed by atoms with Crippen molar-refractivity contribution in [1.82, 2.24) is 14.9 Å². The van der Waals surface area contributed by atoms with Crippen LogP contribution in [0.25, 0.3) is 0 Å². The largest absolute Gasteiger partial charge is 0.363 e. The predicted molar refractivity (Wildman–Crippen MR) is 120 cm³/mol. The molecule has 5 N–H and O–H groups in total. The van der Waals surface area contributed by atoms with Gasteiger partial charge < -0.3 is 16.0 Å². The Bertz CT molecular complexity index is 947. The van der Waals surface area contributed by atoms with E-state index in [4.69, 9.17) is 17.3 Å². The molecule has 0 unspecified atom stereocenters. The maximum absolute atomic E-state index is 13.9. The lowest BCUT2D eigenvalue weighted by Gasteiger charge is -2.35. The number of unbranched alkanes of at least 4 members (excludes halogenated alkanes) is 2. The maximum atomic E-state index is 13.9. The van der Waals surface area contributed by atoms with Crippen LogP contribution in [0.3, 0.4) is 0 Å². The molecule has 1 aliphatic heterocycles. The zero-order valence-corrected chi connectivity index (χ0v) is 17.9. The van der Waals surface area contributed by atoms with Gasteiger partial charge in [0.25, 0.3) is 5.56 Å². The SMILES string of the molecule is NCCCCCN1CCN(c2cnc(NC(=O)Nc3cccc(Cl)c3F)[nH]c2=O)CC1. The van der Waals surface area contributed by atoms with Gasteiger partial charge in [0, 0.05) is 26.2 Å². The summed E-state index contributed by atoms with van der Waals surface area (Å²) in [5.74, 6) is -0.776. The summed E-state index contributed by atoms with van der Waals surface area (Å²) in [4.78, 5) is 35.6. The summed E-state index contributed by atoms with van der Waals surface area (Å²) >= 11 is 5.70. The standard InChI is InChI=1S/C20H27ClFN7O2/c21-14-5-4-6-15(17(14)22)25-20(31)27-19-24-13-16(18(30)26-19)29-11-9-28(10-12-29)8-3-1-2-7-23/h4-6,13H,1-3,7-12,23H2,(H3,24,25,26,27,30,31). The molecule has 0 spiro atoms. The molecule has 11 heteroatoms. The first-order chi connectivity index (χ1) is 15.0. The van der Waals surface area contributed by atoms with Crippen LogP contribution >= 0.6 is 11.6 Å². The number of carbonyl (C=O) groups excluding carboxylic acids is 1. The average Bonchev–Trinajstić information content (AvgIpc) is 2.75. The van der Waals surface area contributed by atoms with E-state index >= 15 is 0 Å². The number of nitrogens with two attached hydrogens (primary N) is 1. The van der Waals surface area contributed by atoms with Crippen molar-refractivity contribution >= 4 is 35.0 Å². The highest BCUT2D eigenvalue weighted by atomic mass is 35.5. The second kappa shape index (κ2) is 11.1. The molecule has 2 heterocycles. The van der Waals surface area contributed by atoms with Crippen molar-refractivity contribution in [2.24, 2.45) is 5.73 Å². The number of piperazine rings is 1. The normalized spacial score (nSPS) is 14.5. The summed E-state index contributed by atoms with van der Waals surface area (Å²) in [5.41, 5.74) is 5.55. The number of urea groups is 1. The number of hydrogen-bond acceptors (Lipinski definition) is 6. The first kappa shape index (κ1) is 23.0. The number of aromatic nitrogens is 2. The van der Waals surface area contributed by atoms with Crippen molar-refractivity contribution in [1.29, 1.82) is 0 Å². The zero-order valence-electron chi connectivity index (χ0n) is 17.2. The molecule has 1 aromatic carbocycles. The van der Waals surface area contributed by atoms with Crippen LogP contribution in [0.1, 0.15) is 19.3 Å². The number of benzene rings is 1. The second-order valence-corrected chi connectivity index (χ2v) is 7.71. The van der Waals surface area contributed by atoms with E-state index in [9.17, 15) is 14.0 Å². The van der Waals surface area contributed by atoms with Crippen molar-refractivity contribution in [3.05, 3.63) is 45.6 Å². The number of amides is 2. The van der Waals surface area contributed by atoms with Gasteiger partial charge >= 0.3 is 6.03 Å². The third kappa shape index (κ3) is 6.39. The van der Waals surface area contributed by atoms with Gasteiger partial charge in [-0.1, -0.05) is 24.1 Å². The number of H-pyrrole nitrogens is 1. The predicted octanol–water partition coefficient (Wildman–Crippen LogP) is 2.46. The number of aromatic amines is 1. The number of halogens is 2. The van der Waals surface area contributed by atoms with Gasteiger partial charge in [0.1, 0.15) is 5.69 Å². The third-order valence-corrected chi connectivity index (χ3v) is 5.40. The lowest BCUT2D eigenvalue weighted by molar-refractivity contribution is 0.252. The number of carbonyl (C=O) groups is 1. The van der Waals surface area contributed by atoms with Crippen molar-refractivity contribution < 1.29 is 9.18 Å². The van der Waals surface area contributed by atoms with E-state index in [2.05, 4.69) is 25.5 Å². The van der Waals surface area contributed by atoms with E-state index in [0.717, 1.165) is 58.5 Å². The molecule has 0 saturated carbocycles. The molecule has 0 atom stereocenters. The Balaban J connectivity index is 1.53. The van der Waals surface area contributed by atoms with Crippen LogP contribution in [-0.2, 0) is 0 Å². The molecule has 1 aromatic heterocycles. The number of rotatable bonds is 8. The Kier molecular flexibility index (Phi) is 8.21. The van der Waals surface area contributed by atoms with Crippen LogP contribution in [-0.4, -0.2) is 60.2 Å². The molecule has 0 bridgehead atoms. The molecule has 1 fully saturated rings. The summed E-state index contributed by atoms with van der Waals surface area (Å²) in [6.45, 7) is 4.96. The van der Waals surface area contributed by atoms with Gasteiger partial charge in [-0.3, -0.25) is 20.0 Å². The first-order valence-electron chi connectivity index (χ1n) is 10.3. The van der Waals surface area contributed by atoms with Gasteiger partial charge in [0.2, 0.25) is 5.95 Å². The van der Waals surface area contributed by atoms with E-state index in [0.29, 0.717) is 5.69 Å². The summed E-state index contributed by atoms with van der Waals surface area (Å²) in [6.07, 6.45) is 4.74. The fourth-order valence-corrected chi connectivity index (χ4v) is 3.58. The van der Waals surface area contributed by atoms with Crippen molar-refractivity contribution in [2.45, 2.75) is 19.3 Å². The molecule has 0 radical (unpaired) electrons. The van der Waals surface area contributed by atoms with Crippen LogP contribution in [0, 0.1) is 5.82 Å². The molecule has 168 valence electrons. The highest BCUT2D eigenvalue weighted by Gasteiger charge is 2.19. The molecular weight excluding hydrogens is 425 g/mol. The van der Waals surface area contributed by atoms with E-state index < -0.39 is 11.8 Å². The third-order valence-electron chi connectivity index (χ3n) is 5.10. The minimum absolute atomic E-state index is 0.0350. The van der Waals surface area contributed by atoms with Gasteiger partial charge in [0.05, 0.1) is 16.9 Å². The van der Waals surface area contributed by atoms with Gasteiger partial charge in [-0.2, -0.15) is 0 Å². The van der Waals surface area contributed by atoms with Crippen LogP contribution in [0.4, 0.5) is 26.5 Å². The molecule has 2 amide bonds. The first-order valence-corrected chi connectivity index (χ1v) is 10.6. The monoisotopic (exact) mass is 451 g/mol. The Hall–Kier alpha value is -2.69. The van der Waals surface area contributed by atoms with Gasteiger partial charge in [-0.05, 0) is 38.1 Å². The number of hydrogen-bond donors (Lipinski definition) is 4. The van der Waals surface area contributed by atoms with Crippen LogP contribution in [0.15, 0.2) is 29.2 Å². The zero-order chi connectivity index (χ0) is 22.2. The molecule has 2 aromatic rings. The number of anilines is 3. The number of nitrogens with zero attached hydrogens (tertiary/aromatic N) is 3. The van der Waals surface area contributed by atoms with E-state index in [-0.39, 0.29) is 22.2 Å². The van der Waals surface area contributed by atoms with Crippen molar-refractivity contribution in [3.63, 3.8) is 0 Å². The van der Waals surface area contributed by atoms with Gasteiger partial charge in [0.15, 0.2) is 5.82 Å². The summed E-state index contributed by atoms with van der Waals surface area (Å²) in [6, 6.07) is 3.51. The molecule has 31 heavy (non-hydrogen) atoms. The van der Waals surface area contributed by atoms with Gasteiger partial charge in [-0.15, -0.1) is 0 Å². The van der Waals surface area contributed by atoms with Crippen LogP contribution in [0.5, 0.6) is 0 Å².